The van der Waals surface area contributed by atoms with Gasteiger partial charge in [-0.3, -0.25) is 4.99 Å². The van der Waals surface area contributed by atoms with Crippen molar-refractivity contribution in [3.8, 4) is 0 Å². The summed E-state index contributed by atoms with van der Waals surface area (Å²) in [7, 11) is 0. The van der Waals surface area contributed by atoms with Gasteiger partial charge in [0.2, 0.25) is 0 Å². The molecule has 1 aliphatic heterocycles. The Hall–Kier alpha value is -0.860. The molecule has 1 unspecified atom stereocenters. The van der Waals surface area contributed by atoms with Gasteiger partial charge in [-0.2, -0.15) is 0 Å². The number of nitrogens with two attached hydrogens (primary N) is 1. The normalized spacial score (nSPS) is 17.4. The Labute approximate surface area is 168 Å². The van der Waals surface area contributed by atoms with Crippen LogP contribution < -0.4 is 11.1 Å². The molecule has 142 valence electrons. The highest BCUT2D eigenvalue weighted by Crippen LogP contribution is 2.22. The molecule has 1 aromatic rings. The smallest absolute Gasteiger partial charge is 0.193 e. The van der Waals surface area contributed by atoms with Crippen LogP contribution in [0, 0.1) is 0 Å². The molecule has 1 atom stereocenters. The maximum Gasteiger partial charge on any atom is 0.193 e. The van der Waals surface area contributed by atoms with Gasteiger partial charge in [0.1, 0.15) is 0 Å². The third-order valence-electron chi connectivity index (χ3n) is 4.31. The molecule has 1 aliphatic rings. The lowest BCUT2D eigenvalue weighted by Gasteiger charge is -2.15. The summed E-state index contributed by atoms with van der Waals surface area (Å²) in [5.41, 5.74) is 9.70. The predicted octanol–water partition coefficient (Wildman–Crippen LogP) is 3.74. The Balaban J connectivity index is 0.00000312. The highest BCUT2D eigenvalue weighted by atomic mass is 127. The molecule has 0 aliphatic carbocycles. The monoisotopic (exact) mass is 461 g/mol. The molecule has 5 nitrogen and oxygen atoms in total. The highest BCUT2D eigenvalue weighted by Gasteiger charge is 2.14. The van der Waals surface area contributed by atoms with Gasteiger partial charge in [-0.1, -0.05) is 32.0 Å². The quantitative estimate of drug-likeness (QED) is 0.255. The summed E-state index contributed by atoms with van der Waals surface area (Å²) in [6, 6.07) is 6.36. The number of guanidine groups is 1. The molecule has 1 fully saturated rings. The Bertz CT molecular complexity index is 509. The van der Waals surface area contributed by atoms with Crippen LogP contribution in [0.5, 0.6) is 0 Å². The molecule has 0 saturated carbocycles. The van der Waals surface area contributed by atoms with Gasteiger partial charge in [0, 0.05) is 25.4 Å². The van der Waals surface area contributed by atoms with Crippen LogP contribution >= 0.6 is 24.0 Å². The van der Waals surface area contributed by atoms with Crippen molar-refractivity contribution in [2.45, 2.75) is 52.1 Å². The van der Waals surface area contributed by atoms with Gasteiger partial charge in [-0.25, -0.2) is 0 Å². The number of aryl methyl sites for hydroxylation is 2. The van der Waals surface area contributed by atoms with Crippen LogP contribution in [-0.4, -0.2) is 38.4 Å². The molecular weight excluding hydrogens is 429 g/mol. The average molecular weight is 461 g/mol. The summed E-state index contributed by atoms with van der Waals surface area (Å²) >= 11 is 0. The fourth-order valence-corrected chi connectivity index (χ4v) is 2.93. The molecule has 0 bridgehead atoms. The summed E-state index contributed by atoms with van der Waals surface area (Å²) in [5.74, 6) is 0.477. The molecule has 6 heteroatoms. The molecule has 0 aromatic heterocycles. The van der Waals surface area contributed by atoms with E-state index in [1.807, 2.05) is 0 Å². The molecule has 1 saturated heterocycles. The lowest BCUT2D eigenvalue weighted by atomic mass is 10.0. The van der Waals surface area contributed by atoms with Gasteiger partial charge < -0.3 is 20.5 Å². The second-order valence-electron chi connectivity index (χ2n) is 6.11. The van der Waals surface area contributed by atoms with Gasteiger partial charge in [0.05, 0.1) is 12.7 Å². The first-order chi connectivity index (χ1) is 11.7. The zero-order valence-corrected chi connectivity index (χ0v) is 17.8. The SMILES string of the molecule is CCc1cccc(CC)c1NC(N)=NCCCOCC1CCCO1.I. The molecule has 2 rings (SSSR count). The number of rotatable bonds is 9. The highest BCUT2D eigenvalue weighted by molar-refractivity contribution is 14.0. The van der Waals surface area contributed by atoms with E-state index in [0.717, 1.165) is 44.4 Å². The number of nitrogens with zero attached hydrogens (tertiary/aromatic N) is 1. The number of benzene rings is 1. The van der Waals surface area contributed by atoms with E-state index in [4.69, 9.17) is 15.2 Å². The molecule has 0 spiro atoms. The molecule has 25 heavy (non-hydrogen) atoms. The van der Waals surface area contributed by atoms with Gasteiger partial charge in [0.25, 0.3) is 0 Å². The van der Waals surface area contributed by atoms with E-state index in [9.17, 15) is 0 Å². The second-order valence-corrected chi connectivity index (χ2v) is 6.11. The molecule has 1 heterocycles. The third-order valence-corrected chi connectivity index (χ3v) is 4.31. The number of aliphatic imine (C=N–C) groups is 1. The van der Waals surface area contributed by atoms with E-state index >= 15 is 0 Å². The van der Waals surface area contributed by atoms with Crippen LogP contribution in [0.25, 0.3) is 0 Å². The van der Waals surface area contributed by atoms with Gasteiger partial charge in [-0.15, -0.1) is 24.0 Å². The van der Waals surface area contributed by atoms with E-state index in [2.05, 4.69) is 42.4 Å². The zero-order valence-electron chi connectivity index (χ0n) is 15.4. The number of halogens is 1. The molecular formula is C19H32IN3O2. The molecule has 0 amide bonds. The van der Waals surface area contributed by atoms with Crippen LogP contribution in [0.4, 0.5) is 5.69 Å². The first-order valence-corrected chi connectivity index (χ1v) is 9.11. The van der Waals surface area contributed by atoms with E-state index in [0.29, 0.717) is 31.8 Å². The maximum atomic E-state index is 6.05. The van der Waals surface area contributed by atoms with Crippen molar-refractivity contribution in [1.29, 1.82) is 0 Å². The van der Waals surface area contributed by atoms with Crippen molar-refractivity contribution in [3.63, 3.8) is 0 Å². The summed E-state index contributed by atoms with van der Waals surface area (Å²) in [6.07, 6.45) is 5.37. The van der Waals surface area contributed by atoms with Crippen LogP contribution in [0.2, 0.25) is 0 Å². The number of hydrogen-bond donors (Lipinski definition) is 2. The topological polar surface area (TPSA) is 68.9 Å². The zero-order chi connectivity index (χ0) is 17.2. The number of para-hydroxylation sites is 1. The number of nitrogens with one attached hydrogen (secondary N) is 1. The third kappa shape index (κ3) is 7.50. The number of hydrogen-bond acceptors (Lipinski definition) is 3. The lowest BCUT2D eigenvalue weighted by molar-refractivity contribution is 0.0171. The van der Waals surface area contributed by atoms with Crippen LogP contribution in [-0.2, 0) is 22.3 Å². The number of ether oxygens (including phenoxy) is 2. The van der Waals surface area contributed by atoms with Gasteiger partial charge >= 0.3 is 0 Å². The van der Waals surface area contributed by atoms with Gasteiger partial charge in [-0.05, 0) is 43.2 Å². The van der Waals surface area contributed by atoms with Crippen molar-refractivity contribution in [3.05, 3.63) is 29.3 Å². The largest absolute Gasteiger partial charge is 0.379 e. The molecule has 3 N–H and O–H groups in total. The summed E-state index contributed by atoms with van der Waals surface area (Å²) in [4.78, 5) is 4.41. The van der Waals surface area contributed by atoms with E-state index < -0.39 is 0 Å². The molecule has 0 radical (unpaired) electrons. The first kappa shape index (κ1) is 22.2. The minimum atomic E-state index is 0. The standard InChI is InChI=1S/C19H31N3O2.HI/c1-3-15-8-5-9-16(4-2)18(15)22-19(20)21-11-7-12-23-14-17-10-6-13-24-17;/h5,8-9,17H,3-4,6-7,10-14H2,1-2H3,(H3,20,21,22);1H. The minimum Gasteiger partial charge on any atom is -0.379 e. The first-order valence-electron chi connectivity index (χ1n) is 9.11. The van der Waals surface area contributed by atoms with E-state index in [1.165, 1.54) is 11.1 Å². The average Bonchev–Trinajstić information content (AvgIpc) is 3.11. The Kier molecular flexibility index (Phi) is 11.1. The maximum absolute atomic E-state index is 6.05. The molecule has 1 aromatic carbocycles. The fraction of sp³-hybridized carbons (Fsp3) is 0.632. The van der Waals surface area contributed by atoms with Crippen LogP contribution in [0.1, 0.15) is 44.2 Å². The summed E-state index contributed by atoms with van der Waals surface area (Å²) in [5, 5.41) is 3.28. The Morgan fingerprint density at radius 2 is 2.04 bits per heavy atom. The van der Waals surface area contributed by atoms with E-state index in [1.54, 1.807) is 0 Å². The van der Waals surface area contributed by atoms with Gasteiger partial charge in [0.15, 0.2) is 5.96 Å². The second kappa shape index (κ2) is 12.5. The van der Waals surface area contributed by atoms with Crippen molar-refractivity contribution in [1.82, 2.24) is 0 Å². The van der Waals surface area contributed by atoms with E-state index in [-0.39, 0.29) is 24.0 Å². The van der Waals surface area contributed by atoms with Crippen molar-refractivity contribution >= 4 is 35.6 Å². The van der Waals surface area contributed by atoms with Crippen molar-refractivity contribution in [2.75, 3.05) is 31.7 Å². The van der Waals surface area contributed by atoms with Crippen LogP contribution in [0.15, 0.2) is 23.2 Å². The van der Waals surface area contributed by atoms with Crippen molar-refractivity contribution in [2.24, 2.45) is 10.7 Å². The van der Waals surface area contributed by atoms with Crippen molar-refractivity contribution < 1.29 is 9.47 Å². The summed E-state index contributed by atoms with van der Waals surface area (Å²) < 4.78 is 11.2. The lowest BCUT2D eigenvalue weighted by Crippen LogP contribution is -2.24. The predicted molar refractivity (Wildman–Crippen MR) is 115 cm³/mol. The Morgan fingerprint density at radius 3 is 2.64 bits per heavy atom. The Morgan fingerprint density at radius 1 is 1.32 bits per heavy atom. The summed E-state index contributed by atoms with van der Waals surface area (Å²) in [6.45, 7) is 7.24. The van der Waals surface area contributed by atoms with Crippen LogP contribution in [0.3, 0.4) is 0 Å². The number of anilines is 1. The fourth-order valence-electron chi connectivity index (χ4n) is 2.93. The minimum absolute atomic E-state index is 0.